The number of nitrogens with one attached hydrogen (secondary N) is 1. The van der Waals surface area contributed by atoms with Gasteiger partial charge in [-0.15, -0.1) is 5.26 Å². The van der Waals surface area contributed by atoms with E-state index in [4.69, 9.17) is 15.1 Å². The van der Waals surface area contributed by atoms with Gasteiger partial charge < -0.3 is 19.9 Å². The highest BCUT2D eigenvalue weighted by atomic mass is 32.2. The summed E-state index contributed by atoms with van der Waals surface area (Å²) in [7, 11) is -6.75. The Balaban J connectivity index is 0.000000135. The molecule has 2 atom stereocenters. The Morgan fingerprint density at radius 2 is 1.12 bits per heavy atom. The van der Waals surface area contributed by atoms with Gasteiger partial charge in [0.05, 0.1) is 10.5 Å². The molecule has 2 heterocycles. The molecule has 0 aromatic heterocycles. The Morgan fingerprint density at radius 1 is 0.672 bits per heavy atom. The molecule has 8 aliphatic rings. The van der Waals surface area contributed by atoms with Crippen molar-refractivity contribution in [2.24, 2.45) is 17.0 Å². The smallest absolute Gasteiger partial charge is 0.292 e. The molecule has 3 N–H and O–H groups in total. The number of nitrogens with two attached hydrogens (primary N) is 1. The zero-order valence-corrected chi connectivity index (χ0v) is 35.9. The van der Waals surface area contributed by atoms with Gasteiger partial charge in [-0.3, -0.25) is 4.79 Å². The van der Waals surface area contributed by atoms with Crippen LogP contribution in [0.5, 0.6) is 5.75 Å². The standard InChI is InChI=1S/C23H32N2O3S.C13H13NO.C9H18N2O2S/c26-22(15-29(27,28)19-6-3-11-25(14-19)13-16-9-10-16)24-23-20-7-1-4-17(20)12-18-5-2-8-21(18)23;14-8-15-13-11-5-1-3-9(11)7-10-4-2-6-12(10)13;10-14(12,13)9-2-1-5-11(7-9)6-8-3-4-8/h12,16,19H,1-11,13-15H2,(H,24,26);7H,1-6H2;8-9H,1-7H2,(H2,10,12,13). The molecule has 11 nitrogen and oxygen atoms in total. The van der Waals surface area contributed by atoms with E-state index in [2.05, 4.69) is 27.2 Å². The minimum Gasteiger partial charge on any atom is -0.387 e. The number of piperidine rings is 2. The van der Waals surface area contributed by atoms with Crippen LogP contribution in [0.4, 0.5) is 5.69 Å². The van der Waals surface area contributed by atoms with Gasteiger partial charge in [-0.1, -0.05) is 12.1 Å². The second-order valence-electron chi connectivity index (χ2n) is 18.5. The van der Waals surface area contributed by atoms with E-state index in [0.717, 1.165) is 133 Å². The van der Waals surface area contributed by atoms with Crippen molar-refractivity contribution in [3.63, 3.8) is 0 Å². The zero-order chi connectivity index (χ0) is 40.4. The van der Waals surface area contributed by atoms with Crippen molar-refractivity contribution in [1.82, 2.24) is 9.80 Å². The number of primary sulfonamides is 1. The average molecular weight is 834 g/mol. The highest BCUT2D eigenvalue weighted by molar-refractivity contribution is 7.92. The lowest BCUT2D eigenvalue weighted by Crippen LogP contribution is -2.45. The number of sulfone groups is 1. The molecule has 0 radical (unpaired) electrons. The van der Waals surface area contributed by atoms with E-state index >= 15 is 0 Å². The zero-order valence-electron chi connectivity index (χ0n) is 34.2. The number of aryl methyl sites for hydroxylation is 4. The third kappa shape index (κ3) is 10.1. The molecule has 58 heavy (non-hydrogen) atoms. The summed E-state index contributed by atoms with van der Waals surface area (Å²) in [6.45, 7) is 5.39. The summed E-state index contributed by atoms with van der Waals surface area (Å²) in [5.41, 5.74) is 11.6. The van der Waals surface area contributed by atoms with Crippen LogP contribution in [0, 0.1) is 23.4 Å². The van der Waals surface area contributed by atoms with Crippen molar-refractivity contribution in [2.45, 2.75) is 139 Å². The molecule has 2 unspecified atom stereocenters. The summed E-state index contributed by atoms with van der Waals surface area (Å²) in [4.78, 5) is 17.4. The molecule has 0 bridgehead atoms. The fraction of sp³-hybridized carbons (Fsp3) is 0.689. The number of amides is 1. The fourth-order valence-corrected chi connectivity index (χ4v) is 13.2. The van der Waals surface area contributed by atoms with Crippen LogP contribution in [0.2, 0.25) is 0 Å². The Morgan fingerprint density at radius 3 is 1.59 bits per heavy atom. The lowest BCUT2D eigenvalue weighted by Gasteiger charge is -2.32. The molecule has 2 saturated heterocycles. The maximum atomic E-state index is 13.0. The quantitative estimate of drug-likeness (QED) is 0.292. The maximum absolute atomic E-state index is 13.0. The number of benzene rings is 2. The number of nitriles is 1. The lowest BCUT2D eigenvalue weighted by molar-refractivity contribution is -0.113. The van der Waals surface area contributed by atoms with E-state index in [1.807, 2.05) is 6.26 Å². The van der Waals surface area contributed by atoms with Crippen molar-refractivity contribution in [1.29, 1.82) is 5.26 Å². The summed E-state index contributed by atoms with van der Waals surface area (Å²) in [5.74, 6) is 1.77. The third-order valence-corrected chi connectivity index (χ3v) is 17.3. The number of ether oxygens (including phenoxy) is 1. The first kappa shape index (κ1) is 41.7. The van der Waals surface area contributed by atoms with E-state index in [9.17, 15) is 21.6 Å². The molecule has 1 amide bonds. The van der Waals surface area contributed by atoms with Crippen molar-refractivity contribution in [3.8, 4) is 12.0 Å². The summed E-state index contributed by atoms with van der Waals surface area (Å²) >= 11 is 0. The summed E-state index contributed by atoms with van der Waals surface area (Å²) in [5, 5.41) is 16.2. The Labute approximate surface area is 346 Å². The topological polar surface area (TPSA) is 163 Å². The summed E-state index contributed by atoms with van der Waals surface area (Å²) in [6, 6.07) is 4.67. The van der Waals surface area contributed by atoms with Crippen LogP contribution in [0.1, 0.15) is 122 Å². The Bertz CT molecular complexity index is 2060. The third-order valence-electron chi connectivity index (χ3n) is 14.0. The Kier molecular flexibility index (Phi) is 12.9. The van der Waals surface area contributed by atoms with Gasteiger partial charge in [-0.25, -0.2) is 22.0 Å². The van der Waals surface area contributed by atoms with Crippen LogP contribution < -0.4 is 15.2 Å². The number of carbonyl (C=O) groups is 1. The number of hydrogen-bond acceptors (Lipinski definition) is 9. The van der Waals surface area contributed by atoms with E-state index in [0.29, 0.717) is 19.5 Å². The minimum atomic E-state index is -3.43. The highest BCUT2D eigenvalue weighted by Crippen LogP contribution is 2.41. The van der Waals surface area contributed by atoms with Gasteiger partial charge in [-0.2, -0.15) is 0 Å². The van der Waals surface area contributed by atoms with Crippen LogP contribution in [0.15, 0.2) is 12.1 Å². The van der Waals surface area contributed by atoms with Gasteiger partial charge in [-0.05, 0) is 198 Å². The predicted octanol–water partition coefficient (Wildman–Crippen LogP) is 5.56. The lowest BCUT2D eigenvalue weighted by atomic mass is 9.98. The molecule has 2 aliphatic heterocycles. The number of hydrogen-bond donors (Lipinski definition) is 2. The molecular weight excluding hydrogens is 771 g/mol. The molecule has 4 fully saturated rings. The van der Waals surface area contributed by atoms with Gasteiger partial charge in [0, 0.05) is 31.9 Å². The Hall–Kier alpha value is -3.02. The number of rotatable bonds is 10. The monoisotopic (exact) mass is 833 g/mol. The first-order chi connectivity index (χ1) is 27.9. The van der Waals surface area contributed by atoms with E-state index < -0.39 is 25.1 Å². The molecule has 6 aliphatic carbocycles. The van der Waals surface area contributed by atoms with E-state index in [1.165, 1.54) is 83.0 Å². The molecule has 316 valence electrons. The van der Waals surface area contributed by atoms with Crippen molar-refractivity contribution in [3.05, 3.63) is 56.6 Å². The van der Waals surface area contributed by atoms with Crippen molar-refractivity contribution in [2.75, 3.05) is 50.3 Å². The number of sulfonamides is 1. The van der Waals surface area contributed by atoms with Crippen LogP contribution in [0.3, 0.4) is 0 Å². The van der Waals surface area contributed by atoms with E-state index in [-0.39, 0.29) is 16.9 Å². The number of nitrogens with zero attached hydrogens (tertiary/aromatic N) is 3. The van der Waals surface area contributed by atoms with Crippen LogP contribution in [-0.2, 0) is 76.0 Å². The molecule has 2 aromatic rings. The van der Waals surface area contributed by atoms with Crippen molar-refractivity contribution >= 4 is 31.5 Å². The minimum absolute atomic E-state index is 0.324. The van der Waals surface area contributed by atoms with Gasteiger partial charge in [0.15, 0.2) is 9.84 Å². The number of carbonyl (C=O) groups excluding carboxylic acids is 1. The highest BCUT2D eigenvalue weighted by Gasteiger charge is 2.36. The second kappa shape index (κ2) is 17.9. The van der Waals surface area contributed by atoms with Gasteiger partial charge >= 0.3 is 0 Å². The number of anilines is 1. The van der Waals surface area contributed by atoms with Crippen LogP contribution >= 0.6 is 0 Å². The molecule has 0 spiro atoms. The fourth-order valence-electron chi connectivity index (χ4n) is 10.6. The SMILES string of the molecule is N#COc1c2c(cc3c1CCC3)CCC2.NS(=O)(=O)C1CCCN(CC2CC2)C1.O=C(CS(=O)(=O)C1CCCN(CC2CC2)C1)Nc1c2c(cc3c1CCC3)CCC2. The molecule has 13 heteroatoms. The van der Waals surface area contributed by atoms with E-state index in [1.54, 1.807) is 0 Å². The maximum Gasteiger partial charge on any atom is 0.292 e. The number of fused-ring (bicyclic) bond motifs is 4. The first-order valence-corrected chi connectivity index (χ1v) is 25.6. The van der Waals surface area contributed by atoms with Gasteiger partial charge in [0.2, 0.25) is 15.9 Å². The van der Waals surface area contributed by atoms with Crippen LogP contribution in [0.25, 0.3) is 0 Å². The predicted molar refractivity (Wildman–Crippen MR) is 227 cm³/mol. The molecule has 10 rings (SSSR count). The summed E-state index contributed by atoms with van der Waals surface area (Å²) in [6.07, 6.45) is 23.6. The second-order valence-corrected chi connectivity index (χ2v) is 22.6. The molecule has 2 saturated carbocycles. The van der Waals surface area contributed by atoms with Gasteiger partial charge in [0.1, 0.15) is 11.5 Å². The normalized spacial score (nSPS) is 23.9. The van der Waals surface area contributed by atoms with Gasteiger partial charge in [0.25, 0.3) is 6.26 Å². The first-order valence-electron chi connectivity index (χ1n) is 22.3. The molecular formula is C45H63N5O6S2. The average Bonchev–Trinajstić information content (AvgIpc) is 3.87. The molecule has 2 aromatic carbocycles. The largest absolute Gasteiger partial charge is 0.387 e. The van der Waals surface area contributed by atoms with Crippen molar-refractivity contribution < 1.29 is 26.4 Å². The van der Waals surface area contributed by atoms with Crippen LogP contribution in [-0.4, -0.2) is 88.1 Å². The number of likely N-dealkylation sites (tertiary alicyclic amines) is 2. The summed E-state index contributed by atoms with van der Waals surface area (Å²) < 4.78 is 53.6.